The first kappa shape index (κ1) is 14.2. The maximum Gasteiger partial charge on any atom is 0.338 e. The Labute approximate surface area is 107 Å². The van der Waals surface area contributed by atoms with Crippen LogP contribution < -0.4 is 0 Å². The van der Waals surface area contributed by atoms with Crippen LogP contribution in [-0.2, 0) is 20.7 Å². The molecule has 0 spiro atoms. The number of benzene rings is 1. The molecule has 98 valence electrons. The molecule has 0 amide bonds. The molecule has 0 saturated heterocycles. The minimum absolute atomic E-state index is 0.0752. The lowest BCUT2D eigenvalue weighted by atomic mass is 9.98. The van der Waals surface area contributed by atoms with Crippen LogP contribution in [0.3, 0.4) is 0 Å². The Bertz CT molecular complexity index is 463. The molecule has 0 N–H and O–H groups in total. The molecule has 0 aromatic heterocycles. The lowest BCUT2D eigenvalue weighted by Crippen LogP contribution is -2.13. The van der Waals surface area contributed by atoms with Gasteiger partial charge < -0.3 is 9.47 Å². The van der Waals surface area contributed by atoms with Crippen molar-refractivity contribution in [2.75, 3.05) is 13.7 Å². The van der Waals surface area contributed by atoms with Gasteiger partial charge in [-0.2, -0.15) is 0 Å². The smallest absolute Gasteiger partial charge is 0.338 e. The summed E-state index contributed by atoms with van der Waals surface area (Å²) in [6.07, 6.45) is 0.0752. The molecule has 4 nitrogen and oxygen atoms in total. The van der Waals surface area contributed by atoms with E-state index in [-0.39, 0.29) is 12.4 Å². The van der Waals surface area contributed by atoms with E-state index in [1.165, 1.54) is 7.11 Å². The van der Waals surface area contributed by atoms with Gasteiger partial charge in [0.2, 0.25) is 0 Å². The first-order valence-corrected chi connectivity index (χ1v) is 5.83. The van der Waals surface area contributed by atoms with Crippen LogP contribution in [0.15, 0.2) is 12.1 Å². The number of carbonyl (C=O) groups excluding carboxylic acids is 2. The Kier molecular flexibility index (Phi) is 4.89. The van der Waals surface area contributed by atoms with E-state index in [1.807, 2.05) is 19.9 Å². The summed E-state index contributed by atoms with van der Waals surface area (Å²) in [6.45, 7) is 5.91. The predicted octanol–water partition coefficient (Wildman–Crippen LogP) is 2.20. The Balaban J connectivity index is 3.16. The summed E-state index contributed by atoms with van der Waals surface area (Å²) in [5.41, 5.74) is 3.10. The van der Waals surface area contributed by atoms with Crippen LogP contribution in [0.4, 0.5) is 0 Å². The van der Waals surface area contributed by atoms with E-state index in [0.29, 0.717) is 17.7 Å². The second-order valence-corrected chi connectivity index (χ2v) is 4.07. The van der Waals surface area contributed by atoms with Crippen LogP contribution in [-0.4, -0.2) is 25.7 Å². The highest BCUT2D eigenvalue weighted by atomic mass is 16.5. The van der Waals surface area contributed by atoms with Gasteiger partial charge in [-0.05, 0) is 43.5 Å². The van der Waals surface area contributed by atoms with E-state index in [4.69, 9.17) is 4.74 Å². The topological polar surface area (TPSA) is 52.6 Å². The fourth-order valence-electron chi connectivity index (χ4n) is 1.65. The molecule has 0 unspecified atom stereocenters. The van der Waals surface area contributed by atoms with Gasteiger partial charge in [-0.25, -0.2) is 4.79 Å². The zero-order valence-electron chi connectivity index (χ0n) is 11.2. The third-order valence-corrected chi connectivity index (χ3v) is 2.78. The van der Waals surface area contributed by atoms with Gasteiger partial charge in [-0.3, -0.25) is 4.79 Å². The van der Waals surface area contributed by atoms with Crippen LogP contribution >= 0.6 is 0 Å². The van der Waals surface area contributed by atoms with E-state index >= 15 is 0 Å². The molecule has 1 aromatic carbocycles. The standard InChI is InChI=1S/C14H18O4/c1-5-18-14(16)12-7-10(3)9(2)6-11(12)8-13(15)17-4/h6-7H,5,8H2,1-4H3. The summed E-state index contributed by atoms with van der Waals surface area (Å²) in [7, 11) is 1.33. The van der Waals surface area contributed by atoms with Gasteiger partial charge in [-0.1, -0.05) is 6.07 Å². The van der Waals surface area contributed by atoms with Crippen molar-refractivity contribution in [1.29, 1.82) is 0 Å². The highest BCUT2D eigenvalue weighted by Gasteiger charge is 2.16. The lowest BCUT2D eigenvalue weighted by Gasteiger charge is -2.11. The van der Waals surface area contributed by atoms with Crippen molar-refractivity contribution < 1.29 is 19.1 Å². The second-order valence-electron chi connectivity index (χ2n) is 4.07. The molecule has 0 aliphatic rings. The Hall–Kier alpha value is -1.84. The Morgan fingerprint density at radius 2 is 1.78 bits per heavy atom. The monoisotopic (exact) mass is 250 g/mol. The molecule has 18 heavy (non-hydrogen) atoms. The summed E-state index contributed by atoms with van der Waals surface area (Å²) in [4.78, 5) is 23.2. The van der Waals surface area contributed by atoms with Crippen molar-refractivity contribution in [2.24, 2.45) is 0 Å². The Morgan fingerprint density at radius 1 is 1.17 bits per heavy atom. The number of rotatable bonds is 4. The largest absolute Gasteiger partial charge is 0.469 e. The Morgan fingerprint density at radius 3 is 2.33 bits per heavy atom. The molecule has 0 aliphatic carbocycles. The average molecular weight is 250 g/mol. The maximum atomic E-state index is 11.8. The average Bonchev–Trinajstić information content (AvgIpc) is 2.33. The highest BCUT2D eigenvalue weighted by Crippen LogP contribution is 2.18. The summed E-state index contributed by atoms with van der Waals surface area (Å²) in [5.74, 6) is -0.775. The van der Waals surface area contributed by atoms with Gasteiger partial charge in [0.1, 0.15) is 0 Å². The van der Waals surface area contributed by atoms with Crippen LogP contribution in [0.5, 0.6) is 0 Å². The first-order valence-electron chi connectivity index (χ1n) is 5.83. The van der Waals surface area contributed by atoms with Crippen molar-refractivity contribution >= 4 is 11.9 Å². The van der Waals surface area contributed by atoms with Gasteiger partial charge in [-0.15, -0.1) is 0 Å². The van der Waals surface area contributed by atoms with E-state index in [9.17, 15) is 9.59 Å². The van der Waals surface area contributed by atoms with Crippen LogP contribution in [0, 0.1) is 13.8 Å². The number of hydrogen-bond donors (Lipinski definition) is 0. The van der Waals surface area contributed by atoms with Gasteiger partial charge in [0.15, 0.2) is 0 Å². The summed E-state index contributed by atoms with van der Waals surface area (Å²) < 4.78 is 9.62. The lowest BCUT2D eigenvalue weighted by molar-refractivity contribution is -0.139. The van der Waals surface area contributed by atoms with Crippen LogP contribution in [0.2, 0.25) is 0 Å². The summed E-state index contributed by atoms with van der Waals surface area (Å²) in [6, 6.07) is 3.59. The molecular weight excluding hydrogens is 232 g/mol. The third-order valence-electron chi connectivity index (χ3n) is 2.78. The van der Waals surface area contributed by atoms with Crippen molar-refractivity contribution in [3.8, 4) is 0 Å². The minimum atomic E-state index is -0.403. The quantitative estimate of drug-likeness (QED) is 0.769. The van der Waals surface area contributed by atoms with Gasteiger partial charge in [0.25, 0.3) is 0 Å². The molecular formula is C14H18O4. The molecule has 0 aliphatic heterocycles. The zero-order chi connectivity index (χ0) is 13.7. The normalized spacial score (nSPS) is 10.0. The second kappa shape index (κ2) is 6.19. The molecule has 0 radical (unpaired) electrons. The number of methoxy groups -OCH3 is 1. The summed E-state index contributed by atoms with van der Waals surface area (Å²) >= 11 is 0. The number of esters is 2. The molecule has 0 heterocycles. The molecule has 0 fully saturated rings. The van der Waals surface area contributed by atoms with E-state index in [1.54, 1.807) is 13.0 Å². The van der Waals surface area contributed by atoms with Crippen LogP contribution in [0.1, 0.15) is 34.0 Å². The molecule has 1 aromatic rings. The number of ether oxygens (including phenoxy) is 2. The van der Waals surface area contributed by atoms with Gasteiger partial charge >= 0.3 is 11.9 Å². The van der Waals surface area contributed by atoms with Crippen molar-refractivity contribution in [3.05, 3.63) is 34.4 Å². The van der Waals surface area contributed by atoms with Crippen molar-refractivity contribution in [2.45, 2.75) is 27.2 Å². The van der Waals surface area contributed by atoms with Gasteiger partial charge in [0.05, 0.1) is 25.7 Å². The van der Waals surface area contributed by atoms with Crippen LogP contribution in [0.25, 0.3) is 0 Å². The molecule has 0 saturated carbocycles. The van der Waals surface area contributed by atoms with Gasteiger partial charge in [0, 0.05) is 0 Å². The first-order chi connectivity index (χ1) is 8.49. The molecule has 4 heteroatoms. The van der Waals surface area contributed by atoms with E-state index < -0.39 is 5.97 Å². The number of aryl methyl sites for hydroxylation is 2. The maximum absolute atomic E-state index is 11.8. The molecule has 1 rings (SSSR count). The van der Waals surface area contributed by atoms with Crippen molar-refractivity contribution in [1.82, 2.24) is 0 Å². The zero-order valence-corrected chi connectivity index (χ0v) is 11.2. The summed E-state index contributed by atoms with van der Waals surface area (Å²) in [5, 5.41) is 0. The van der Waals surface area contributed by atoms with Crippen molar-refractivity contribution in [3.63, 3.8) is 0 Å². The van der Waals surface area contributed by atoms with E-state index in [2.05, 4.69) is 4.74 Å². The third kappa shape index (κ3) is 3.32. The molecule has 0 atom stereocenters. The number of hydrogen-bond acceptors (Lipinski definition) is 4. The highest BCUT2D eigenvalue weighted by molar-refractivity contribution is 5.93. The number of carbonyl (C=O) groups is 2. The SMILES string of the molecule is CCOC(=O)c1cc(C)c(C)cc1CC(=O)OC. The fourth-order valence-corrected chi connectivity index (χ4v) is 1.65. The predicted molar refractivity (Wildman–Crippen MR) is 67.6 cm³/mol. The molecule has 0 bridgehead atoms. The fraction of sp³-hybridized carbons (Fsp3) is 0.429. The minimum Gasteiger partial charge on any atom is -0.469 e. The van der Waals surface area contributed by atoms with E-state index in [0.717, 1.165) is 11.1 Å².